The van der Waals surface area contributed by atoms with Crippen molar-refractivity contribution < 1.29 is 13.2 Å². The van der Waals surface area contributed by atoms with E-state index in [0.717, 1.165) is 18.8 Å². The number of anilines is 1. The number of benzene rings is 3. The van der Waals surface area contributed by atoms with Gasteiger partial charge in [-0.15, -0.1) is 0 Å². The molecule has 6 heteroatoms. The van der Waals surface area contributed by atoms with Gasteiger partial charge < -0.3 is 9.80 Å². The van der Waals surface area contributed by atoms with Gasteiger partial charge in [0.15, 0.2) is 0 Å². The largest absolute Gasteiger partial charge is 0.368 e. The van der Waals surface area contributed by atoms with Gasteiger partial charge in [-0.05, 0) is 48.5 Å². The minimum Gasteiger partial charge on any atom is -0.368 e. The van der Waals surface area contributed by atoms with Crippen LogP contribution < -0.4 is 4.90 Å². The standard InChI is InChI=1S/C23H22N2O3S/c26-23(25-17-15-24(16-18-25)20-7-3-1-4-8-20)19-11-13-22(14-12-19)29(27,28)21-9-5-2-6-10-21/h1-14H,15-18H2. The zero-order valence-electron chi connectivity index (χ0n) is 15.9. The Labute approximate surface area is 171 Å². The average molecular weight is 407 g/mol. The minimum atomic E-state index is -3.58. The molecule has 1 heterocycles. The van der Waals surface area contributed by atoms with Crippen LogP contribution in [0.25, 0.3) is 0 Å². The molecule has 29 heavy (non-hydrogen) atoms. The van der Waals surface area contributed by atoms with Gasteiger partial charge in [0.2, 0.25) is 9.84 Å². The molecule has 1 saturated heterocycles. The zero-order chi connectivity index (χ0) is 20.3. The van der Waals surface area contributed by atoms with Crippen molar-refractivity contribution in [3.8, 4) is 0 Å². The first-order chi connectivity index (χ1) is 14.1. The van der Waals surface area contributed by atoms with E-state index in [4.69, 9.17) is 0 Å². The third-order valence-electron chi connectivity index (χ3n) is 5.15. The highest BCUT2D eigenvalue weighted by Gasteiger charge is 2.23. The van der Waals surface area contributed by atoms with Crippen molar-refractivity contribution in [3.05, 3.63) is 90.5 Å². The molecule has 1 aliphatic rings. The number of hydrogen-bond acceptors (Lipinski definition) is 4. The Morgan fingerprint density at radius 2 is 1.17 bits per heavy atom. The lowest BCUT2D eigenvalue weighted by Crippen LogP contribution is -2.48. The summed E-state index contributed by atoms with van der Waals surface area (Å²) in [5, 5.41) is 0. The van der Waals surface area contributed by atoms with Crippen LogP contribution >= 0.6 is 0 Å². The van der Waals surface area contributed by atoms with Crippen molar-refractivity contribution in [1.29, 1.82) is 0 Å². The maximum absolute atomic E-state index is 12.8. The summed E-state index contributed by atoms with van der Waals surface area (Å²) in [6.45, 7) is 2.82. The Kier molecular flexibility index (Phi) is 5.36. The molecule has 148 valence electrons. The second-order valence-corrected chi connectivity index (χ2v) is 8.91. The van der Waals surface area contributed by atoms with Gasteiger partial charge in [0.1, 0.15) is 0 Å². The van der Waals surface area contributed by atoms with Crippen LogP contribution in [-0.4, -0.2) is 45.4 Å². The Bertz CT molecular complexity index is 1070. The Morgan fingerprint density at radius 3 is 1.76 bits per heavy atom. The molecule has 1 amide bonds. The fraction of sp³-hybridized carbons (Fsp3) is 0.174. The molecule has 3 aromatic carbocycles. The Morgan fingerprint density at radius 1 is 0.655 bits per heavy atom. The van der Waals surface area contributed by atoms with E-state index in [1.54, 1.807) is 42.5 Å². The highest BCUT2D eigenvalue weighted by molar-refractivity contribution is 7.91. The normalized spacial score (nSPS) is 14.6. The van der Waals surface area contributed by atoms with E-state index < -0.39 is 9.84 Å². The predicted octanol–water partition coefficient (Wildman–Crippen LogP) is 3.48. The predicted molar refractivity (Wildman–Crippen MR) is 113 cm³/mol. The number of sulfone groups is 1. The van der Waals surface area contributed by atoms with E-state index >= 15 is 0 Å². The first-order valence-corrected chi connectivity index (χ1v) is 11.0. The number of para-hydroxylation sites is 1. The average Bonchev–Trinajstić information content (AvgIpc) is 2.80. The van der Waals surface area contributed by atoms with Gasteiger partial charge in [-0.2, -0.15) is 0 Å². The monoisotopic (exact) mass is 406 g/mol. The molecular weight excluding hydrogens is 384 g/mol. The number of carbonyl (C=O) groups is 1. The lowest BCUT2D eigenvalue weighted by Gasteiger charge is -2.36. The third kappa shape index (κ3) is 4.03. The van der Waals surface area contributed by atoms with Crippen LogP contribution in [0.3, 0.4) is 0 Å². The summed E-state index contributed by atoms with van der Waals surface area (Å²) in [6, 6.07) is 24.7. The fourth-order valence-electron chi connectivity index (χ4n) is 3.50. The summed E-state index contributed by atoms with van der Waals surface area (Å²) in [5.41, 5.74) is 1.67. The van der Waals surface area contributed by atoms with E-state index in [1.165, 1.54) is 12.1 Å². The number of nitrogens with zero attached hydrogens (tertiary/aromatic N) is 2. The van der Waals surface area contributed by atoms with Crippen molar-refractivity contribution in [2.75, 3.05) is 31.1 Å². The van der Waals surface area contributed by atoms with Gasteiger partial charge in [-0.3, -0.25) is 4.79 Å². The van der Waals surface area contributed by atoms with Crippen LogP contribution in [0.2, 0.25) is 0 Å². The quantitative estimate of drug-likeness (QED) is 0.666. The fourth-order valence-corrected chi connectivity index (χ4v) is 4.78. The van der Waals surface area contributed by atoms with Crippen LogP contribution in [0, 0.1) is 0 Å². The molecule has 1 aliphatic heterocycles. The molecule has 4 rings (SSSR count). The van der Waals surface area contributed by atoms with E-state index in [0.29, 0.717) is 18.7 Å². The first-order valence-electron chi connectivity index (χ1n) is 9.55. The molecule has 0 saturated carbocycles. The topological polar surface area (TPSA) is 57.7 Å². The SMILES string of the molecule is O=C(c1ccc(S(=O)(=O)c2ccccc2)cc1)N1CCN(c2ccccc2)CC1. The van der Waals surface area contributed by atoms with Gasteiger partial charge in [-0.25, -0.2) is 8.42 Å². The van der Waals surface area contributed by atoms with E-state index in [9.17, 15) is 13.2 Å². The summed E-state index contributed by atoms with van der Waals surface area (Å²) in [5.74, 6) is -0.0682. The molecule has 3 aromatic rings. The van der Waals surface area contributed by atoms with Gasteiger partial charge in [0, 0.05) is 37.4 Å². The van der Waals surface area contributed by atoms with Crippen LogP contribution in [0.5, 0.6) is 0 Å². The minimum absolute atomic E-state index is 0.0682. The van der Waals surface area contributed by atoms with Crippen molar-refractivity contribution >= 4 is 21.4 Å². The van der Waals surface area contributed by atoms with E-state index in [2.05, 4.69) is 17.0 Å². The summed E-state index contributed by atoms with van der Waals surface area (Å²) >= 11 is 0. The van der Waals surface area contributed by atoms with Crippen molar-refractivity contribution in [1.82, 2.24) is 4.90 Å². The lowest BCUT2D eigenvalue weighted by atomic mass is 10.1. The molecule has 0 aliphatic carbocycles. The van der Waals surface area contributed by atoms with E-state index in [1.807, 2.05) is 23.1 Å². The maximum Gasteiger partial charge on any atom is 0.253 e. The van der Waals surface area contributed by atoms with Crippen LogP contribution in [0.15, 0.2) is 94.7 Å². The van der Waals surface area contributed by atoms with Crippen molar-refractivity contribution in [2.45, 2.75) is 9.79 Å². The number of carbonyl (C=O) groups excluding carboxylic acids is 1. The van der Waals surface area contributed by atoms with Gasteiger partial charge >= 0.3 is 0 Å². The summed E-state index contributed by atoms with van der Waals surface area (Å²) in [4.78, 5) is 17.4. The van der Waals surface area contributed by atoms with Crippen LogP contribution in [0.4, 0.5) is 5.69 Å². The highest BCUT2D eigenvalue weighted by atomic mass is 32.2. The molecule has 5 nitrogen and oxygen atoms in total. The second kappa shape index (κ2) is 8.09. The van der Waals surface area contributed by atoms with Gasteiger partial charge in [0.05, 0.1) is 9.79 Å². The van der Waals surface area contributed by atoms with Crippen molar-refractivity contribution in [2.24, 2.45) is 0 Å². The summed E-state index contributed by atoms with van der Waals surface area (Å²) in [6.07, 6.45) is 0. The van der Waals surface area contributed by atoms with Crippen LogP contribution in [-0.2, 0) is 9.84 Å². The highest BCUT2D eigenvalue weighted by Crippen LogP contribution is 2.22. The molecular formula is C23H22N2O3S. The molecule has 0 aromatic heterocycles. The van der Waals surface area contributed by atoms with Gasteiger partial charge in [0.25, 0.3) is 5.91 Å². The van der Waals surface area contributed by atoms with E-state index in [-0.39, 0.29) is 15.7 Å². The number of rotatable bonds is 4. The number of amides is 1. The second-order valence-electron chi connectivity index (χ2n) is 6.96. The molecule has 0 radical (unpaired) electrons. The Hall–Kier alpha value is -3.12. The molecule has 0 bridgehead atoms. The van der Waals surface area contributed by atoms with Crippen LogP contribution in [0.1, 0.15) is 10.4 Å². The van der Waals surface area contributed by atoms with Crippen molar-refractivity contribution in [3.63, 3.8) is 0 Å². The smallest absolute Gasteiger partial charge is 0.253 e. The summed E-state index contributed by atoms with van der Waals surface area (Å²) in [7, 11) is -3.58. The first kappa shape index (κ1) is 19.2. The molecule has 0 spiro atoms. The molecule has 0 atom stereocenters. The number of hydrogen-bond donors (Lipinski definition) is 0. The lowest BCUT2D eigenvalue weighted by molar-refractivity contribution is 0.0746. The molecule has 0 unspecified atom stereocenters. The number of piperazine rings is 1. The molecule has 0 N–H and O–H groups in total. The molecule has 1 fully saturated rings. The summed E-state index contributed by atoms with van der Waals surface area (Å²) < 4.78 is 25.4. The van der Waals surface area contributed by atoms with Gasteiger partial charge in [-0.1, -0.05) is 36.4 Å². The zero-order valence-corrected chi connectivity index (χ0v) is 16.8. The third-order valence-corrected chi connectivity index (χ3v) is 6.94. The maximum atomic E-state index is 12.8. The Balaban J connectivity index is 1.44.